The molecule has 1 atom stereocenters. The van der Waals surface area contributed by atoms with Gasteiger partial charge in [0.2, 0.25) is 0 Å². The Morgan fingerprint density at radius 1 is 1.11 bits per heavy atom. The zero-order valence-electron chi connectivity index (χ0n) is 15.9. The average molecular weight is 364 g/mol. The molecule has 1 unspecified atom stereocenters. The molecule has 0 radical (unpaired) electrons. The number of fused-ring (bicyclic) bond motifs is 1. The predicted molar refractivity (Wildman–Crippen MR) is 108 cm³/mol. The second-order valence-corrected chi connectivity index (χ2v) is 6.80. The van der Waals surface area contributed by atoms with Gasteiger partial charge in [-0.25, -0.2) is 9.97 Å². The van der Waals surface area contributed by atoms with Crippen molar-refractivity contribution in [1.82, 2.24) is 15.3 Å². The van der Waals surface area contributed by atoms with Crippen LogP contribution < -0.4 is 19.7 Å². The summed E-state index contributed by atoms with van der Waals surface area (Å²) in [6.45, 7) is 5.27. The van der Waals surface area contributed by atoms with Gasteiger partial charge in [0.15, 0.2) is 5.82 Å². The number of piperazine rings is 1. The van der Waals surface area contributed by atoms with E-state index < -0.39 is 0 Å². The van der Waals surface area contributed by atoms with Gasteiger partial charge in [0, 0.05) is 55.3 Å². The Kier molecular flexibility index (Phi) is 4.81. The van der Waals surface area contributed by atoms with Gasteiger partial charge >= 0.3 is 0 Å². The first-order valence-corrected chi connectivity index (χ1v) is 9.15. The standard InChI is InChI=1S/C21H24N4O2/c1-14-13-25(9-8-22-14)16-6-4-15(5-7-16)21-23-12-18-19(24-21)10-17(26-2)11-20(18)27-3/h4-7,10-12,14,22H,8-9,13H2,1-3H3. The molecule has 0 aliphatic carbocycles. The van der Waals surface area contributed by atoms with E-state index in [1.807, 2.05) is 18.3 Å². The molecule has 1 N–H and O–H groups in total. The van der Waals surface area contributed by atoms with E-state index in [1.54, 1.807) is 14.2 Å². The number of benzene rings is 2. The highest BCUT2D eigenvalue weighted by atomic mass is 16.5. The zero-order valence-corrected chi connectivity index (χ0v) is 15.9. The Bertz CT molecular complexity index is 943. The molecule has 1 aliphatic rings. The Labute approximate surface area is 159 Å². The van der Waals surface area contributed by atoms with E-state index in [0.717, 1.165) is 36.1 Å². The first-order valence-electron chi connectivity index (χ1n) is 9.15. The lowest BCUT2D eigenvalue weighted by atomic mass is 10.1. The number of hydrogen-bond donors (Lipinski definition) is 1. The summed E-state index contributed by atoms with van der Waals surface area (Å²) in [6.07, 6.45) is 1.81. The van der Waals surface area contributed by atoms with Crippen LogP contribution in [0.5, 0.6) is 11.5 Å². The van der Waals surface area contributed by atoms with Gasteiger partial charge in [0.25, 0.3) is 0 Å². The van der Waals surface area contributed by atoms with Gasteiger partial charge in [-0.3, -0.25) is 0 Å². The number of rotatable bonds is 4. The topological polar surface area (TPSA) is 59.5 Å². The molecule has 2 heterocycles. The number of methoxy groups -OCH3 is 2. The highest BCUT2D eigenvalue weighted by molar-refractivity contribution is 5.87. The molecule has 2 aromatic carbocycles. The van der Waals surface area contributed by atoms with Gasteiger partial charge in [-0.1, -0.05) is 0 Å². The van der Waals surface area contributed by atoms with Crippen LogP contribution in [0.15, 0.2) is 42.6 Å². The molecular weight excluding hydrogens is 340 g/mol. The summed E-state index contributed by atoms with van der Waals surface area (Å²) in [4.78, 5) is 11.7. The van der Waals surface area contributed by atoms with Crippen molar-refractivity contribution in [3.8, 4) is 22.9 Å². The molecule has 6 nitrogen and oxygen atoms in total. The Morgan fingerprint density at radius 2 is 1.93 bits per heavy atom. The van der Waals surface area contributed by atoms with Gasteiger partial charge in [-0.05, 0) is 31.2 Å². The Morgan fingerprint density at radius 3 is 2.63 bits per heavy atom. The molecular formula is C21H24N4O2. The minimum absolute atomic E-state index is 0.507. The fourth-order valence-corrected chi connectivity index (χ4v) is 3.49. The van der Waals surface area contributed by atoms with Crippen molar-refractivity contribution in [1.29, 1.82) is 0 Å². The lowest BCUT2D eigenvalue weighted by Gasteiger charge is -2.33. The number of aromatic nitrogens is 2. The van der Waals surface area contributed by atoms with Crippen molar-refractivity contribution in [2.75, 3.05) is 38.8 Å². The molecule has 6 heteroatoms. The highest BCUT2D eigenvalue weighted by Gasteiger charge is 2.16. The van der Waals surface area contributed by atoms with Crippen LogP contribution in [-0.4, -0.2) is 49.9 Å². The fraction of sp³-hybridized carbons (Fsp3) is 0.333. The number of anilines is 1. The minimum atomic E-state index is 0.507. The summed E-state index contributed by atoms with van der Waals surface area (Å²) in [5.74, 6) is 2.12. The van der Waals surface area contributed by atoms with Crippen LogP contribution in [0.25, 0.3) is 22.3 Å². The largest absolute Gasteiger partial charge is 0.497 e. The maximum atomic E-state index is 5.44. The van der Waals surface area contributed by atoms with Gasteiger partial charge in [0.05, 0.1) is 25.1 Å². The van der Waals surface area contributed by atoms with Crippen LogP contribution >= 0.6 is 0 Å². The van der Waals surface area contributed by atoms with Crippen molar-refractivity contribution < 1.29 is 9.47 Å². The van der Waals surface area contributed by atoms with Crippen molar-refractivity contribution in [2.45, 2.75) is 13.0 Å². The van der Waals surface area contributed by atoms with Gasteiger partial charge in [0.1, 0.15) is 11.5 Å². The second-order valence-electron chi connectivity index (χ2n) is 6.80. The molecule has 0 spiro atoms. The van der Waals surface area contributed by atoms with E-state index in [1.165, 1.54) is 5.69 Å². The highest BCUT2D eigenvalue weighted by Crippen LogP contribution is 2.31. The third-order valence-electron chi connectivity index (χ3n) is 4.95. The molecule has 1 fully saturated rings. The molecule has 4 rings (SSSR count). The summed E-state index contributed by atoms with van der Waals surface area (Å²) in [5.41, 5.74) is 3.03. The maximum absolute atomic E-state index is 5.44. The summed E-state index contributed by atoms with van der Waals surface area (Å²) >= 11 is 0. The number of ether oxygens (including phenoxy) is 2. The van der Waals surface area contributed by atoms with Crippen molar-refractivity contribution >= 4 is 16.6 Å². The van der Waals surface area contributed by atoms with E-state index in [4.69, 9.17) is 14.5 Å². The smallest absolute Gasteiger partial charge is 0.159 e. The lowest BCUT2D eigenvalue weighted by molar-refractivity contribution is 0.397. The average Bonchev–Trinajstić information content (AvgIpc) is 2.72. The molecule has 1 saturated heterocycles. The van der Waals surface area contributed by atoms with Crippen LogP contribution in [0.4, 0.5) is 5.69 Å². The molecule has 0 amide bonds. The normalized spacial score (nSPS) is 17.1. The lowest BCUT2D eigenvalue weighted by Crippen LogP contribution is -2.49. The number of hydrogen-bond acceptors (Lipinski definition) is 6. The monoisotopic (exact) mass is 364 g/mol. The van der Waals surface area contributed by atoms with Gasteiger partial charge < -0.3 is 19.7 Å². The first kappa shape index (κ1) is 17.5. The quantitative estimate of drug-likeness (QED) is 0.768. The molecule has 0 bridgehead atoms. The van der Waals surface area contributed by atoms with Crippen molar-refractivity contribution in [3.05, 3.63) is 42.6 Å². The van der Waals surface area contributed by atoms with Gasteiger partial charge in [-0.15, -0.1) is 0 Å². The number of nitrogens with one attached hydrogen (secondary N) is 1. The SMILES string of the molecule is COc1cc(OC)c2cnc(-c3ccc(N4CCNC(C)C4)cc3)nc2c1. The van der Waals surface area contributed by atoms with Crippen LogP contribution in [0.3, 0.4) is 0 Å². The van der Waals surface area contributed by atoms with Crippen molar-refractivity contribution in [3.63, 3.8) is 0 Å². The summed E-state index contributed by atoms with van der Waals surface area (Å²) < 4.78 is 10.8. The van der Waals surface area contributed by atoms with E-state index >= 15 is 0 Å². The minimum Gasteiger partial charge on any atom is -0.497 e. The summed E-state index contributed by atoms with van der Waals surface area (Å²) in [6, 6.07) is 12.7. The molecule has 0 saturated carbocycles. The van der Waals surface area contributed by atoms with E-state index in [-0.39, 0.29) is 0 Å². The third kappa shape index (κ3) is 3.53. The second kappa shape index (κ2) is 7.40. The summed E-state index contributed by atoms with van der Waals surface area (Å²) in [7, 11) is 3.27. The predicted octanol–water partition coefficient (Wildman–Crippen LogP) is 3.11. The Hall–Kier alpha value is -2.86. The van der Waals surface area contributed by atoms with Crippen LogP contribution in [0.1, 0.15) is 6.92 Å². The fourth-order valence-electron chi connectivity index (χ4n) is 3.49. The van der Waals surface area contributed by atoms with E-state index in [9.17, 15) is 0 Å². The van der Waals surface area contributed by atoms with E-state index in [0.29, 0.717) is 23.4 Å². The summed E-state index contributed by atoms with van der Waals surface area (Å²) in [5, 5.41) is 4.34. The molecule has 1 aromatic heterocycles. The maximum Gasteiger partial charge on any atom is 0.159 e. The third-order valence-corrected chi connectivity index (χ3v) is 4.95. The number of nitrogens with zero attached hydrogens (tertiary/aromatic N) is 3. The molecule has 3 aromatic rings. The molecule has 27 heavy (non-hydrogen) atoms. The van der Waals surface area contributed by atoms with Crippen molar-refractivity contribution in [2.24, 2.45) is 0 Å². The Balaban J connectivity index is 1.65. The van der Waals surface area contributed by atoms with E-state index in [2.05, 4.69) is 46.4 Å². The van der Waals surface area contributed by atoms with Crippen LogP contribution in [-0.2, 0) is 0 Å². The van der Waals surface area contributed by atoms with Gasteiger partial charge in [-0.2, -0.15) is 0 Å². The molecule has 1 aliphatic heterocycles. The molecule has 140 valence electrons. The first-order chi connectivity index (χ1) is 13.2. The van der Waals surface area contributed by atoms with Crippen LogP contribution in [0, 0.1) is 0 Å². The van der Waals surface area contributed by atoms with Crippen LogP contribution in [0.2, 0.25) is 0 Å². The zero-order chi connectivity index (χ0) is 18.8.